The van der Waals surface area contributed by atoms with Gasteiger partial charge >= 0.3 is 0 Å². The number of aromatic nitrogens is 1. The molecule has 5 rings (SSSR count). The van der Waals surface area contributed by atoms with Gasteiger partial charge in [-0.25, -0.2) is 8.42 Å². The maximum absolute atomic E-state index is 13.4. The van der Waals surface area contributed by atoms with Gasteiger partial charge < -0.3 is 15.6 Å². The molecular weight excluding hydrogens is 386 g/mol. The Morgan fingerprint density at radius 2 is 1.79 bits per heavy atom. The lowest BCUT2D eigenvalue weighted by Gasteiger charge is -2.35. The second-order valence-electron chi connectivity index (χ2n) is 8.50. The Bertz CT molecular complexity index is 1270. The molecule has 1 aromatic heterocycles. The van der Waals surface area contributed by atoms with Crippen molar-refractivity contribution >= 4 is 37.9 Å². The lowest BCUT2D eigenvalue weighted by atomic mass is 9.71. The SMILES string of the molecule is CC1(C)c2cc(N3CCS(=O)(=O)CC3)ccc2C(=O)c2c1[nH]c1cc(N)ccc21. The Hall–Kier alpha value is -2.80. The first-order valence-electron chi connectivity index (χ1n) is 9.74. The highest BCUT2D eigenvalue weighted by Gasteiger charge is 2.40. The number of carbonyl (C=O) groups is 1. The number of nitrogens with one attached hydrogen (secondary N) is 1. The van der Waals surface area contributed by atoms with Crippen molar-refractivity contribution in [1.82, 2.24) is 4.98 Å². The van der Waals surface area contributed by atoms with E-state index in [0.717, 1.165) is 27.8 Å². The van der Waals surface area contributed by atoms with Gasteiger partial charge in [-0.05, 0) is 35.9 Å². The fourth-order valence-corrected chi connectivity index (χ4v) is 5.80. The molecule has 2 heterocycles. The summed E-state index contributed by atoms with van der Waals surface area (Å²) in [4.78, 5) is 18.9. The van der Waals surface area contributed by atoms with Crippen LogP contribution in [0.15, 0.2) is 36.4 Å². The maximum Gasteiger partial charge on any atom is 0.195 e. The van der Waals surface area contributed by atoms with Crippen molar-refractivity contribution in [2.75, 3.05) is 35.2 Å². The Morgan fingerprint density at radius 1 is 1.07 bits per heavy atom. The molecule has 1 aliphatic carbocycles. The second kappa shape index (κ2) is 5.86. The standard InChI is InChI=1S/C22H23N3O3S/c1-22(2)17-12-14(25-7-9-29(27,28)10-8-25)4-6-15(17)20(26)19-16-5-3-13(23)11-18(16)24-21(19)22/h3-6,11-12,24H,7-10,23H2,1-2H3. The number of fused-ring (bicyclic) bond motifs is 4. The van der Waals surface area contributed by atoms with Gasteiger partial charge in [-0.1, -0.05) is 19.9 Å². The van der Waals surface area contributed by atoms with Crippen LogP contribution in [-0.2, 0) is 15.3 Å². The number of rotatable bonds is 1. The first-order chi connectivity index (χ1) is 13.7. The van der Waals surface area contributed by atoms with E-state index in [1.807, 2.05) is 36.4 Å². The van der Waals surface area contributed by atoms with E-state index in [0.29, 0.717) is 29.9 Å². The van der Waals surface area contributed by atoms with Crippen molar-refractivity contribution in [2.24, 2.45) is 0 Å². The maximum atomic E-state index is 13.4. The molecular formula is C22H23N3O3S. The fraction of sp³-hybridized carbons (Fsp3) is 0.318. The van der Waals surface area contributed by atoms with Crippen molar-refractivity contribution in [3.05, 3.63) is 58.8 Å². The van der Waals surface area contributed by atoms with Gasteiger partial charge in [0.15, 0.2) is 15.6 Å². The number of benzene rings is 2. The third-order valence-corrected chi connectivity index (χ3v) is 7.91. The lowest BCUT2D eigenvalue weighted by Crippen LogP contribution is -2.40. The van der Waals surface area contributed by atoms with Crippen LogP contribution in [0.1, 0.15) is 41.0 Å². The van der Waals surface area contributed by atoms with Gasteiger partial charge in [0.2, 0.25) is 0 Å². The summed E-state index contributed by atoms with van der Waals surface area (Å²) in [5.74, 6) is 0.345. The highest BCUT2D eigenvalue weighted by molar-refractivity contribution is 7.91. The summed E-state index contributed by atoms with van der Waals surface area (Å²) >= 11 is 0. The fourth-order valence-electron chi connectivity index (χ4n) is 4.60. The van der Waals surface area contributed by atoms with E-state index in [1.54, 1.807) is 0 Å². The van der Waals surface area contributed by atoms with Gasteiger partial charge in [-0.2, -0.15) is 0 Å². The summed E-state index contributed by atoms with van der Waals surface area (Å²) in [6.45, 7) is 5.18. The van der Waals surface area contributed by atoms with Crippen LogP contribution in [0.3, 0.4) is 0 Å². The molecule has 0 amide bonds. The number of hydrogen-bond acceptors (Lipinski definition) is 5. The molecule has 6 nitrogen and oxygen atoms in total. The van der Waals surface area contributed by atoms with Crippen LogP contribution in [-0.4, -0.2) is 43.8 Å². The van der Waals surface area contributed by atoms with E-state index >= 15 is 0 Å². The molecule has 0 spiro atoms. The van der Waals surface area contributed by atoms with Crippen molar-refractivity contribution in [3.63, 3.8) is 0 Å². The molecule has 7 heteroatoms. The zero-order chi connectivity index (χ0) is 20.6. The predicted molar refractivity (Wildman–Crippen MR) is 116 cm³/mol. The summed E-state index contributed by atoms with van der Waals surface area (Å²) in [6.07, 6.45) is 0. The largest absolute Gasteiger partial charge is 0.399 e. The van der Waals surface area contributed by atoms with E-state index in [2.05, 4.69) is 23.7 Å². The van der Waals surface area contributed by atoms with Crippen LogP contribution in [0.5, 0.6) is 0 Å². The molecule has 1 saturated heterocycles. The van der Waals surface area contributed by atoms with Crippen LogP contribution in [0.25, 0.3) is 10.9 Å². The Balaban J connectivity index is 1.63. The topological polar surface area (TPSA) is 96.3 Å². The van der Waals surface area contributed by atoms with Crippen molar-refractivity contribution < 1.29 is 13.2 Å². The predicted octanol–water partition coefficient (Wildman–Crippen LogP) is 2.86. The van der Waals surface area contributed by atoms with E-state index in [9.17, 15) is 13.2 Å². The molecule has 1 aliphatic heterocycles. The lowest BCUT2D eigenvalue weighted by molar-refractivity contribution is 0.103. The number of H-pyrrole nitrogens is 1. The molecule has 29 heavy (non-hydrogen) atoms. The summed E-state index contributed by atoms with van der Waals surface area (Å²) in [6, 6.07) is 11.5. The molecule has 150 valence electrons. The minimum atomic E-state index is -2.94. The average molecular weight is 410 g/mol. The first-order valence-corrected chi connectivity index (χ1v) is 11.6. The highest BCUT2D eigenvalue weighted by atomic mass is 32.2. The van der Waals surface area contributed by atoms with Crippen molar-refractivity contribution in [3.8, 4) is 0 Å². The monoisotopic (exact) mass is 409 g/mol. The minimum Gasteiger partial charge on any atom is -0.399 e. The second-order valence-corrected chi connectivity index (χ2v) is 10.8. The Kier molecular flexibility index (Phi) is 3.68. The van der Waals surface area contributed by atoms with Crippen LogP contribution in [0.2, 0.25) is 0 Å². The molecule has 0 atom stereocenters. The number of anilines is 2. The Morgan fingerprint density at radius 3 is 2.52 bits per heavy atom. The summed E-state index contributed by atoms with van der Waals surface area (Å²) in [5.41, 5.74) is 11.3. The quantitative estimate of drug-likeness (QED) is 0.603. The average Bonchev–Trinajstić information content (AvgIpc) is 3.06. The number of ketones is 1. The molecule has 0 saturated carbocycles. The summed E-state index contributed by atoms with van der Waals surface area (Å²) in [7, 11) is -2.94. The minimum absolute atomic E-state index is 0.0121. The van der Waals surface area contributed by atoms with Gasteiger partial charge in [-0.3, -0.25) is 4.79 Å². The van der Waals surface area contributed by atoms with Gasteiger partial charge in [0, 0.05) is 52.0 Å². The number of nitrogens with two attached hydrogens (primary N) is 1. The summed E-state index contributed by atoms with van der Waals surface area (Å²) in [5, 5.41) is 0.892. The molecule has 2 aromatic carbocycles. The third kappa shape index (κ3) is 2.68. The third-order valence-electron chi connectivity index (χ3n) is 6.31. The van der Waals surface area contributed by atoms with Crippen LogP contribution < -0.4 is 10.6 Å². The van der Waals surface area contributed by atoms with Crippen LogP contribution in [0, 0.1) is 0 Å². The smallest absolute Gasteiger partial charge is 0.195 e. The van der Waals surface area contributed by atoms with Gasteiger partial charge in [0.1, 0.15) is 0 Å². The number of nitrogens with zero attached hydrogens (tertiary/aromatic N) is 1. The highest BCUT2D eigenvalue weighted by Crippen LogP contribution is 2.44. The molecule has 0 unspecified atom stereocenters. The molecule has 3 N–H and O–H groups in total. The van der Waals surface area contributed by atoms with Crippen LogP contribution >= 0.6 is 0 Å². The number of hydrogen-bond donors (Lipinski definition) is 2. The van der Waals surface area contributed by atoms with E-state index in [4.69, 9.17) is 5.73 Å². The van der Waals surface area contributed by atoms with E-state index in [-0.39, 0.29) is 17.3 Å². The number of carbonyl (C=O) groups excluding carboxylic acids is 1. The number of sulfone groups is 1. The first kappa shape index (κ1) is 18.2. The number of nitrogen functional groups attached to an aromatic ring is 1. The zero-order valence-electron chi connectivity index (χ0n) is 16.5. The van der Waals surface area contributed by atoms with E-state index in [1.165, 1.54) is 0 Å². The molecule has 2 aliphatic rings. The number of aromatic amines is 1. The van der Waals surface area contributed by atoms with Gasteiger partial charge in [0.05, 0.1) is 17.1 Å². The van der Waals surface area contributed by atoms with Gasteiger partial charge in [0.25, 0.3) is 0 Å². The molecule has 3 aromatic rings. The van der Waals surface area contributed by atoms with E-state index < -0.39 is 15.3 Å². The normalized spacial score (nSPS) is 19.8. The van der Waals surface area contributed by atoms with Crippen molar-refractivity contribution in [2.45, 2.75) is 19.3 Å². The molecule has 1 fully saturated rings. The Labute approximate surface area is 169 Å². The van der Waals surface area contributed by atoms with Crippen LogP contribution in [0.4, 0.5) is 11.4 Å². The summed E-state index contributed by atoms with van der Waals surface area (Å²) < 4.78 is 23.5. The molecule has 0 bridgehead atoms. The van der Waals surface area contributed by atoms with Gasteiger partial charge in [-0.15, -0.1) is 0 Å². The molecule has 0 radical (unpaired) electrons. The zero-order valence-corrected chi connectivity index (χ0v) is 17.3. The van der Waals surface area contributed by atoms with Crippen molar-refractivity contribution in [1.29, 1.82) is 0 Å².